The Kier molecular flexibility index (Phi) is 3.52. The third-order valence-corrected chi connectivity index (χ3v) is 4.82. The molecule has 0 aliphatic rings. The zero-order valence-corrected chi connectivity index (χ0v) is 13.1. The largest absolute Gasteiger partial charge is 0.434 e. The van der Waals surface area contributed by atoms with Gasteiger partial charge in [0.2, 0.25) is 0 Å². The summed E-state index contributed by atoms with van der Waals surface area (Å²) in [4.78, 5) is 20.5. The Hall–Kier alpha value is -1.81. The molecule has 0 radical (unpaired) electrons. The normalized spacial score (nSPS) is 12.2. The molecule has 0 aliphatic carbocycles. The van der Waals surface area contributed by atoms with Crippen LogP contribution in [0.1, 0.15) is 21.3 Å². The SMILES string of the molecule is Cc1nc(C(F)(F)F)c(Cn2cnc3snc(C)c3c2=O)s1. The summed E-state index contributed by atoms with van der Waals surface area (Å²) >= 11 is 2.02. The zero-order valence-electron chi connectivity index (χ0n) is 11.4. The van der Waals surface area contributed by atoms with Gasteiger partial charge >= 0.3 is 6.18 Å². The lowest BCUT2D eigenvalue weighted by atomic mass is 10.3. The lowest BCUT2D eigenvalue weighted by Gasteiger charge is -2.07. The fraction of sp³-hybridized carbons (Fsp3) is 0.333. The first kappa shape index (κ1) is 15.1. The van der Waals surface area contributed by atoms with Crippen LogP contribution in [0.2, 0.25) is 0 Å². The number of nitrogens with zero attached hydrogens (tertiary/aromatic N) is 4. The molecule has 3 aromatic heterocycles. The Morgan fingerprint density at radius 3 is 2.73 bits per heavy atom. The molecule has 10 heteroatoms. The van der Waals surface area contributed by atoms with E-state index in [4.69, 9.17) is 0 Å². The molecule has 0 atom stereocenters. The van der Waals surface area contributed by atoms with Gasteiger partial charge in [-0.3, -0.25) is 9.36 Å². The van der Waals surface area contributed by atoms with E-state index in [-0.39, 0.29) is 11.4 Å². The van der Waals surface area contributed by atoms with Gasteiger partial charge in [0.05, 0.1) is 33.8 Å². The Labute approximate surface area is 130 Å². The first-order valence-electron chi connectivity index (χ1n) is 6.12. The van der Waals surface area contributed by atoms with Gasteiger partial charge in [0.15, 0.2) is 10.5 Å². The number of halogens is 3. The van der Waals surface area contributed by atoms with E-state index in [2.05, 4.69) is 14.3 Å². The molecule has 3 aromatic rings. The highest BCUT2D eigenvalue weighted by Gasteiger charge is 2.37. The van der Waals surface area contributed by atoms with Crippen LogP contribution in [0.5, 0.6) is 0 Å². The molecule has 0 saturated heterocycles. The van der Waals surface area contributed by atoms with Crippen molar-refractivity contribution in [3.63, 3.8) is 0 Å². The van der Waals surface area contributed by atoms with Crippen molar-refractivity contribution in [2.75, 3.05) is 0 Å². The highest BCUT2D eigenvalue weighted by atomic mass is 32.1. The predicted octanol–water partition coefficient (Wildman–Crippen LogP) is 2.99. The molecular weight excluding hydrogens is 337 g/mol. The van der Waals surface area contributed by atoms with Crippen molar-refractivity contribution in [2.24, 2.45) is 0 Å². The van der Waals surface area contributed by atoms with E-state index in [9.17, 15) is 18.0 Å². The second-order valence-corrected chi connectivity index (χ2v) is 6.67. The van der Waals surface area contributed by atoms with E-state index in [1.807, 2.05) is 0 Å². The number of thiazole rings is 1. The van der Waals surface area contributed by atoms with Crippen LogP contribution in [-0.4, -0.2) is 18.9 Å². The van der Waals surface area contributed by atoms with Gasteiger partial charge < -0.3 is 0 Å². The first-order valence-corrected chi connectivity index (χ1v) is 7.71. The Balaban J connectivity index is 2.10. The van der Waals surface area contributed by atoms with Crippen LogP contribution in [0.4, 0.5) is 13.2 Å². The summed E-state index contributed by atoms with van der Waals surface area (Å²) in [5.74, 6) is 0. The van der Waals surface area contributed by atoms with Crippen molar-refractivity contribution in [3.05, 3.63) is 38.0 Å². The molecule has 0 amide bonds. The fourth-order valence-electron chi connectivity index (χ4n) is 2.08. The minimum absolute atomic E-state index is 0.00547. The van der Waals surface area contributed by atoms with Crippen molar-refractivity contribution in [3.8, 4) is 0 Å². The summed E-state index contributed by atoms with van der Waals surface area (Å²) in [5.41, 5.74) is -0.805. The van der Waals surface area contributed by atoms with Gasteiger partial charge in [-0.05, 0) is 25.4 Å². The molecule has 0 N–H and O–H groups in total. The molecule has 116 valence electrons. The fourth-order valence-corrected chi connectivity index (χ4v) is 3.77. The molecule has 0 spiro atoms. The van der Waals surface area contributed by atoms with Gasteiger partial charge in [-0.1, -0.05) is 0 Å². The summed E-state index contributed by atoms with van der Waals surface area (Å²) < 4.78 is 44.1. The quantitative estimate of drug-likeness (QED) is 0.716. The first-order chi connectivity index (χ1) is 10.3. The van der Waals surface area contributed by atoms with Gasteiger partial charge in [0.1, 0.15) is 0 Å². The topological polar surface area (TPSA) is 60.7 Å². The van der Waals surface area contributed by atoms with Gasteiger partial charge in [-0.25, -0.2) is 9.97 Å². The van der Waals surface area contributed by atoms with E-state index in [0.29, 0.717) is 20.9 Å². The van der Waals surface area contributed by atoms with Crippen LogP contribution in [-0.2, 0) is 12.7 Å². The maximum atomic E-state index is 13.0. The molecule has 22 heavy (non-hydrogen) atoms. The number of fused-ring (bicyclic) bond motifs is 1. The molecule has 3 heterocycles. The number of aromatic nitrogens is 4. The zero-order chi connectivity index (χ0) is 16.1. The van der Waals surface area contributed by atoms with Crippen LogP contribution in [0.3, 0.4) is 0 Å². The lowest BCUT2D eigenvalue weighted by Crippen LogP contribution is -2.22. The molecule has 0 fully saturated rings. The van der Waals surface area contributed by atoms with Crippen molar-refractivity contribution < 1.29 is 13.2 Å². The number of aryl methyl sites for hydroxylation is 2. The van der Waals surface area contributed by atoms with E-state index in [1.54, 1.807) is 6.92 Å². The van der Waals surface area contributed by atoms with E-state index >= 15 is 0 Å². The monoisotopic (exact) mass is 346 g/mol. The maximum Gasteiger partial charge on any atom is 0.434 e. The summed E-state index contributed by atoms with van der Waals surface area (Å²) in [7, 11) is 0. The van der Waals surface area contributed by atoms with Crippen LogP contribution in [0.15, 0.2) is 11.1 Å². The predicted molar refractivity (Wildman–Crippen MR) is 77.4 cm³/mol. The molecule has 0 saturated carbocycles. The molecule has 5 nitrogen and oxygen atoms in total. The number of hydrogen-bond acceptors (Lipinski definition) is 6. The van der Waals surface area contributed by atoms with Crippen LogP contribution >= 0.6 is 22.9 Å². The van der Waals surface area contributed by atoms with Gasteiger partial charge in [0.25, 0.3) is 5.56 Å². The standard InChI is InChI=1S/C12H9F3N4OS2/c1-5-8-10(22-18-5)16-4-19(11(8)20)3-7-9(12(13,14)15)17-6(2)21-7/h4H,3H2,1-2H3. The Morgan fingerprint density at radius 1 is 1.32 bits per heavy atom. The molecule has 0 unspecified atom stereocenters. The minimum Gasteiger partial charge on any atom is -0.293 e. The summed E-state index contributed by atoms with van der Waals surface area (Å²) in [5, 5.41) is 0.653. The Morgan fingerprint density at radius 2 is 2.05 bits per heavy atom. The third-order valence-electron chi connectivity index (χ3n) is 3.02. The Bertz CT molecular complexity index is 909. The van der Waals surface area contributed by atoms with Crippen LogP contribution < -0.4 is 5.56 Å². The summed E-state index contributed by atoms with van der Waals surface area (Å²) in [6.45, 7) is 2.96. The van der Waals surface area contributed by atoms with Gasteiger partial charge in [-0.15, -0.1) is 11.3 Å². The van der Waals surface area contributed by atoms with Crippen molar-refractivity contribution >= 4 is 33.1 Å². The minimum atomic E-state index is -4.54. The average Bonchev–Trinajstić information content (AvgIpc) is 2.96. The second-order valence-electron chi connectivity index (χ2n) is 4.63. The van der Waals surface area contributed by atoms with Crippen LogP contribution in [0, 0.1) is 13.8 Å². The molecule has 0 aromatic carbocycles. The van der Waals surface area contributed by atoms with Gasteiger partial charge in [-0.2, -0.15) is 17.5 Å². The second kappa shape index (κ2) is 5.13. The van der Waals surface area contributed by atoms with E-state index in [1.165, 1.54) is 13.3 Å². The van der Waals surface area contributed by atoms with Crippen LogP contribution in [0.25, 0.3) is 10.2 Å². The number of alkyl halides is 3. The third kappa shape index (κ3) is 2.52. The molecular formula is C12H9F3N4OS2. The van der Waals surface area contributed by atoms with Crippen molar-refractivity contribution in [1.29, 1.82) is 0 Å². The van der Waals surface area contributed by atoms with Crippen molar-refractivity contribution in [2.45, 2.75) is 26.6 Å². The maximum absolute atomic E-state index is 13.0. The van der Waals surface area contributed by atoms with Gasteiger partial charge in [0, 0.05) is 0 Å². The summed E-state index contributed by atoms with van der Waals surface area (Å²) in [6, 6.07) is 0. The average molecular weight is 346 g/mol. The highest BCUT2D eigenvalue weighted by Crippen LogP contribution is 2.34. The molecule has 0 aliphatic heterocycles. The van der Waals surface area contributed by atoms with E-state index in [0.717, 1.165) is 27.4 Å². The van der Waals surface area contributed by atoms with Crippen molar-refractivity contribution in [1.82, 2.24) is 18.9 Å². The highest BCUT2D eigenvalue weighted by molar-refractivity contribution is 7.13. The molecule has 3 rings (SSSR count). The van der Waals surface area contributed by atoms with E-state index < -0.39 is 17.4 Å². The summed E-state index contributed by atoms with van der Waals surface area (Å²) in [6.07, 6.45) is -3.29. The smallest absolute Gasteiger partial charge is 0.293 e. The molecule has 0 bridgehead atoms. The number of hydrogen-bond donors (Lipinski definition) is 0. The lowest BCUT2D eigenvalue weighted by molar-refractivity contribution is -0.141. The number of rotatable bonds is 2.